The SMILES string of the molecule is CC12CC3(Br)CC(Br)(C1)CC(CC(=O)O)(C2)C3. The summed E-state index contributed by atoms with van der Waals surface area (Å²) < 4.78 is 0.352. The van der Waals surface area contributed by atoms with Crippen molar-refractivity contribution in [2.45, 2.75) is 60.5 Å². The van der Waals surface area contributed by atoms with Crippen LogP contribution in [-0.4, -0.2) is 19.7 Å². The zero-order valence-electron chi connectivity index (χ0n) is 10.1. The molecule has 0 spiro atoms. The van der Waals surface area contributed by atoms with E-state index in [-0.39, 0.29) is 14.1 Å². The van der Waals surface area contributed by atoms with Crippen molar-refractivity contribution in [2.75, 3.05) is 0 Å². The molecular formula is C13H18Br2O2. The van der Waals surface area contributed by atoms with Gasteiger partial charge in [0, 0.05) is 8.65 Å². The highest BCUT2D eigenvalue weighted by Crippen LogP contribution is 2.72. The molecule has 4 saturated carbocycles. The maximum atomic E-state index is 11.2. The number of alkyl halides is 2. The molecule has 2 atom stereocenters. The lowest BCUT2D eigenvalue weighted by atomic mass is 9.44. The Bertz CT molecular complexity index is 339. The van der Waals surface area contributed by atoms with Gasteiger partial charge < -0.3 is 5.11 Å². The molecule has 4 bridgehead atoms. The van der Waals surface area contributed by atoms with Crippen molar-refractivity contribution in [3.05, 3.63) is 0 Å². The number of carbonyl (C=O) groups is 1. The quantitative estimate of drug-likeness (QED) is 0.748. The molecule has 4 aliphatic carbocycles. The smallest absolute Gasteiger partial charge is 0.303 e. The zero-order chi connectivity index (χ0) is 12.5. The monoisotopic (exact) mass is 364 g/mol. The average molecular weight is 366 g/mol. The van der Waals surface area contributed by atoms with Gasteiger partial charge in [-0.25, -0.2) is 0 Å². The van der Waals surface area contributed by atoms with Crippen molar-refractivity contribution in [3.8, 4) is 0 Å². The first-order chi connectivity index (χ1) is 7.66. The first-order valence-electron chi connectivity index (χ1n) is 6.26. The van der Waals surface area contributed by atoms with E-state index in [1.807, 2.05) is 0 Å². The number of aliphatic carboxylic acids is 1. The second-order valence-electron chi connectivity index (χ2n) is 7.24. The van der Waals surface area contributed by atoms with E-state index >= 15 is 0 Å². The van der Waals surface area contributed by atoms with Crippen LogP contribution in [0.4, 0.5) is 0 Å². The highest BCUT2D eigenvalue weighted by molar-refractivity contribution is 9.10. The van der Waals surface area contributed by atoms with E-state index in [1.54, 1.807) is 0 Å². The third kappa shape index (κ3) is 1.99. The molecule has 4 fully saturated rings. The van der Waals surface area contributed by atoms with Crippen molar-refractivity contribution in [3.63, 3.8) is 0 Å². The minimum Gasteiger partial charge on any atom is -0.481 e. The van der Waals surface area contributed by atoms with Crippen LogP contribution in [-0.2, 0) is 4.79 Å². The lowest BCUT2D eigenvalue weighted by Gasteiger charge is -2.67. The van der Waals surface area contributed by atoms with Crippen molar-refractivity contribution in [1.82, 2.24) is 0 Å². The lowest BCUT2D eigenvalue weighted by molar-refractivity contribution is -0.146. The molecule has 0 heterocycles. The largest absolute Gasteiger partial charge is 0.481 e. The maximum absolute atomic E-state index is 11.2. The summed E-state index contributed by atoms with van der Waals surface area (Å²) in [5, 5.41) is 9.19. The standard InChI is InChI=1S/C13H18Br2O2/c1-10-3-11(2-9(16)17)6-12(14,4-10)8-13(15,5-10)7-11/h2-8H2,1H3,(H,16,17). The lowest BCUT2D eigenvalue weighted by Crippen LogP contribution is -2.62. The third-order valence-corrected chi connectivity index (χ3v) is 6.51. The van der Waals surface area contributed by atoms with Gasteiger partial charge in [-0.2, -0.15) is 0 Å². The molecule has 4 heteroatoms. The molecule has 0 radical (unpaired) electrons. The Morgan fingerprint density at radius 1 is 1.06 bits per heavy atom. The van der Waals surface area contributed by atoms with Crippen molar-refractivity contribution < 1.29 is 9.90 Å². The number of carboxylic acids is 1. The minimum absolute atomic E-state index is 0.0162. The maximum Gasteiger partial charge on any atom is 0.303 e. The van der Waals surface area contributed by atoms with Gasteiger partial charge in [-0.3, -0.25) is 4.79 Å². The van der Waals surface area contributed by atoms with E-state index in [1.165, 1.54) is 12.8 Å². The summed E-state index contributed by atoms with van der Waals surface area (Å²) in [6, 6.07) is 0. The van der Waals surface area contributed by atoms with Crippen LogP contribution in [0.5, 0.6) is 0 Å². The van der Waals surface area contributed by atoms with Crippen LogP contribution in [0.3, 0.4) is 0 Å². The Morgan fingerprint density at radius 2 is 1.59 bits per heavy atom. The van der Waals surface area contributed by atoms with Gasteiger partial charge in [0.2, 0.25) is 0 Å². The molecule has 0 aliphatic heterocycles. The fourth-order valence-electron chi connectivity index (χ4n) is 5.61. The van der Waals surface area contributed by atoms with Crippen molar-refractivity contribution in [2.24, 2.45) is 10.8 Å². The topological polar surface area (TPSA) is 37.3 Å². The van der Waals surface area contributed by atoms with Crippen LogP contribution >= 0.6 is 31.9 Å². The van der Waals surface area contributed by atoms with Gasteiger partial charge in [0.15, 0.2) is 0 Å². The second kappa shape index (κ2) is 3.30. The van der Waals surface area contributed by atoms with E-state index in [9.17, 15) is 9.90 Å². The van der Waals surface area contributed by atoms with Crippen LogP contribution in [0, 0.1) is 10.8 Å². The molecule has 4 aliphatic rings. The Hall–Kier alpha value is 0.430. The van der Waals surface area contributed by atoms with Crippen LogP contribution in [0.2, 0.25) is 0 Å². The van der Waals surface area contributed by atoms with E-state index in [0.717, 1.165) is 25.7 Å². The van der Waals surface area contributed by atoms with Gasteiger partial charge in [0.05, 0.1) is 6.42 Å². The van der Waals surface area contributed by atoms with E-state index in [4.69, 9.17) is 0 Å². The molecule has 0 saturated heterocycles. The predicted molar refractivity (Wildman–Crippen MR) is 73.8 cm³/mol. The summed E-state index contributed by atoms with van der Waals surface area (Å²) in [6.07, 6.45) is 7.06. The Morgan fingerprint density at radius 3 is 2.00 bits per heavy atom. The fraction of sp³-hybridized carbons (Fsp3) is 0.923. The average Bonchev–Trinajstić information content (AvgIpc) is 1.87. The Labute approximate surface area is 119 Å². The van der Waals surface area contributed by atoms with Gasteiger partial charge in [-0.1, -0.05) is 38.8 Å². The van der Waals surface area contributed by atoms with Gasteiger partial charge in [0.25, 0.3) is 0 Å². The van der Waals surface area contributed by atoms with Gasteiger partial charge in [-0.05, 0) is 49.4 Å². The minimum atomic E-state index is -0.636. The molecule has 96 valence electrons. The van der Waals surface area contributed by atoms with E-state index in [0.29, 0.717) is 11.8 Å². The molecule has 4 rings (SSSR count). The summed E-state index contributed by atoms with van der Waals surface area (Å²) in [4.78, 5) is 11.2. The highest BCUT2D eigenvalue weighted by atomic mass is 79.9. The zero-order valence-corrected chi connectivity index (χ0v) is 13.2. The first-order valence-corrected chi connectivity index (χ1v) is 7.84. The first kappa shape index (κ1) is 12.5. The molecule has 0 aromatic carbocycles. The molecule has 0 aromatic rings. The van der Waals surface area contributed by atoms with Gasteiger partial charge >= 0.3 is 5.97 Å². The Kier molecular flexibility index (Phi) is 2.42. The summed E-state index contributed by atoms with van der Waals surface area (Å²) in [5.41, 5.74) is 0.333. The van der Waals surface area contributed by atoms with Gasteiger partial charge in [0.1, 0.15) is 0 Å². The summed E-state index contributed by atoms with van der Waals surface area (Å²) >= 11 is 7.86. The van der Waals surface area contributed by atoms with Crippen molar-refractivity contribution >= 4 is 37.8 Å². The third-order valence-electron chi connectivity index (χ3n) is 4.83. The molecule has 1 N–H and O–H groups in total. The van der Waals surface area contributed by atoms with Crippen LogP contribution in [0.1, 0.15) is 51.9 Å². The summed E-state index contributed by atoms with van der Waals surface area (Å²) in [6.45, 7) is 2.34. The number of rotatable bonds is 2. The molecular weight excluding hydrogens is 348 g/mol. The number of hydrogen-bond acceptors (Lipinski definition) is 1. The predicted octanol–water partition coefficient (Wildman–Crippen LogP) is 4.10. The van der Waals surface area contributed by atoms with E-state index < -0.39 is 5.97 Å². The van der Waals surface area contributed by atoms with Crippen LogP contribution in [0.25, 0.3) is 0 Å². The molecule has 0 aromatic heterocycles. The molecule has 2 nitrogen and oxygen atoms in total. The second-order valence-corrected chi connectivity index (χ2v) is 10.6. The van der Waals surface area contributed by atoms with Crippen LogP contribution < -0.4 is 0 Å². The Balaban J connectivity index is 2.01. The normalized spacial score (nSPS) is 56.2. The summed E-state index contributed by atoms with van der Waals surface area (Å²) in [7, 11) is 0. The number of hydrogen-bond donors (Lipinski definition) is 1. The van der Waals surface area contributed by atoms with E-state index in [2.05, 4.69) is 38.8 Å². The highest BCUT2D eigenvalue weighted by Gasteiger charge is 2.65. The number of carboxylic acid groups (broad SMARTS) is 1. The molecule has 17 heavy (non-hydrogen) atoms. The number of halogens is 2. The fourth-order valence-corrected chi connectivity index (χ4v) is 9.60. The summed E-state index contributed by atoms with van der Waals surface area (Å²) in [5.74, 6) is -0.636. The van der Waals surface area contributed by atoms with Crippen LogP contribution in [0.15, 0.2) is 0 Å². The molecule has 2 unspecified atom stereocenters. The van der Waals surface area contributed by atoms with Crippen molar-refractivity contribution in [1.29, 1.82) is 0 Å². The molecule has 0 amide bonds. The van der Waals surface area contributed by atoms with Gasteiger partial charge in [-0.15, -0.1) is 0 Å².